The molecule has 7 nitrogen and oxygen atoms in total. The van der Waals surface area contributed by atoms with Gasteiger partial charge >= 0.3 is 0 Å². The van der Waals surface area contributed by atoms with Crippen LogP contribution in [0.5, 0.6) is 17.2 Å². The van der Waals surface area contributed by atoms with Gasteiger partial charge in [-0.3, -0.25) is 4.40 Å². The van der Waals surface area contributed by atoms with Gasteiger partial charge in [0.15, 0.2) is 17.1 Å². The van der Waals surface area contributed by atoms with Crippen molar-refractivity contribution >= 4 is 33.2 Å². The molecule has 2 heterocycles. The van der Waals surface area contributed by atoms with Gasteiger partial charge in [0.1, 0.15) is 0 Å². The van der Waals surface area contributed by atoms with Gasteiger partial charge in [0, 0.05) is 17.8 Å². The lowest BCUT2D eigenvalue weighted by atomic mass is 10.2. The molecule has 0 fully saturated rings. The van der Waals surface area contributed by atoms with Crippen molar-refractivity contribution in [3.63, 3.8) is 0 Å². The molecule has 0 unspecified atom stereocenters. The maximum atomic E-state index is 5.35. The number of benzene rings is 1. The van der Waals surface area contributed by atoms with Crippen LogP contribution in [0.15, 0.2) is 34.9 Å². The molecule has 0 aliphatic heterocycles. The van der Waals surface area contributed by atoms with E-state index in [9.17, 15) is 0 Å². The highest BCUT2D eigenvalue weighted by Crippen LogP contribution is 2.40. The highest BCUT2D eigenvalue weighted by Gasteiger charge is 2.15. The van der Waals surface area contributed by atoms with Gasteiger partial charge in [-0.15, -0.1) is 10.2 Å². The van der Waals surface area contributed by atoms with Crippen LogP contribution in [-0.2, 0) is 0 Å². The molecule has 1 aromatic carbocycles. The normalized spacial score (nSPS) is 10.6. The topological polar surface area (TPSA) is 69.9 Å². The molecule has 120 valence electrons. The Balaban J connectivity index is 2.05. The van der Waals surface area contributed by atoms with E-state index in [-0.39, 0.29) is 0 Å². The van der Waals surface area contributed by atoms with Crippen LogP contribution in [0.2, 0.25) is 0 Å². The zero-order chi connectivity index (χ0) is 16.4. The third-order valence-electron chi connectivity index (χ3n) is 3.30. The Bertz CT molecular complexity index is 825. The van der Waals surface area contributed by atoms with E-state index in [0.29, 0.717) is 23.2 Å². The number of pyridine rings is 1. The molecule has 0 saturated heterocycles. The van der Waals surface area contributed by atoms with E-state index < -0.39 is 0 Å². The number of nitrogens with one attached hydrogen (secondary N) is 1. The molecule has 0 radical (unpaired) electrons. The Labute approximate surface area is 141 Å². The monoisotopic (exact) mass is 378 g/mol. The van der Waals surface area contributed by atoms with Crippen molar-refractivity contribution in [3.8, 4) is 17.2 Å². The van der Waals surface area contributed by atoms with E-state index in [1.54, 1.807) is 33.5 Å². The predicted octanol–water partition coefficient (Wildman–Crippen LogP) is 3.26. The van der Waals surface area contributed by atoms with E-state index in [1.807, 2.05) is 22.6 Å². The van der Waals surface area contributed by atoms with E-state index in [4.69, 9.17) is 14.2 Å². The minimum absolute atomic E-state index is 0.535. The summed E-state index contributed by atoms with van der Waals surface area (Å²) in [5.41, 5.74) is 1.47. The van der Waals surface area contributed by atoms with E-state index >= 15 is 0 Å². The van der Waals surface area contributed by atoms with Crippen LogP contribution >= 0.6 is 15.9 Å². The molecular weight excluding hydrogens is 364 g/mol. The first kappa shape index (κ1) is 15.4. The fraction of sp³-hybridized carbons (Fsp3) is 0.200. The number of fused-ring (bicyclic) bond motifs is 1. The molecule has 0 aliphatic carbocycles. The van der Waals surface area contributed by atoms with Crippen LogP contribution in [-0.4, -0.2) is 35.9 Å². The van der Waals surface area contributed by atoms with Crippen molar-refractivity contribution in [2.45, 2.75) is 0 Å². The third-order valence-corrected chi connectivity index (χ3v) is 3.92. The average molecular weight is 379 g/mol. The van der Waals surface area contributed by atoms with Crippen LogP contribution in [0.1, 0.15) is 0 Å². The van der Waals surface area contributed by atoms with Gasteiger partial charge in [-0.25, -0.2) is 0 Å². The Hall–Kier alpha value is -2.48. The summed E-state index contributed by atoms with van der Waals surface area (Å²) in [6, 6.07) is 9.30. The Kier molecular flexibility index (Phi) is 4.24. The molecule has 0 amide bonds. The molecule has 1 N–H and O–H groups in total. The Morgan fingerprint density at radius 2 is 1.70 bits per heavy atom. The summed E-state index contributed by atoms with van der Waals surface area (Å²) >= 11 is 3.49. The van der Waals surface area contributed by atoms with Crippen LogP contribution in [0, 0.1) is 0 Å². The van der Waals surface area contributed by atoms with Crippen molar-refractivity contribution in [1.82, 2.24) is 14.6 Å². The molecule has 0 aliphatic rings. The smallest absolute Gasteiger partial charge is 0.234 e. The highest BCUT2D eigenvalue weighted by atomic mass is 79.9. The first-order valence-electron chi connectivity index (χ1n) is 6.74. The summed E-state index contributed by atoms with van der Waals surface area (Å²) in [5, 5.41) is 11.5. The number of halogens is 1. The lowest BCUT2D eigenvalue weighted by Crippen LogP contribution is -2.00. The number of hydrogen-bond donors (Lipinski definition) is 1. The summed E-state index contributed by atoms with van der Waals surface area (Å²) < 4.78 is 18.7. The minimum atomic E-state index is 0.535. The number of hydrogen-bond acceptors (Lipinski definition) is 6. The van der Waals surface area contributed by atoms with E-state index in [1.165, 1.54) is 0 Å². The van der Waals surface area contributed by atoms with Gasteiger partial charge in [0.2, 0.25) is 11.7 Å². The highest BCUT2D eigenvalue weighted by molar-refractivity contribution is 9.10. The summed E-state index contributed by atoms with van der Waals surface area (Å²) in [6.45, 7) is 0. The second-order valence-corrected chi connectivity index (χ2v) is 5.42. The number of anilines is 2. The largest absolute Gasteiger partial charge is 0.493 e. The quantitative estimate of drug-likeness (QED) is 0.687. The van der Waals surface area contributed by atoms with Crippen molar-refractivity contribution in [1.29, 1.82) is 0 Å². The number of nitrogens with zero attached hydrogens (tertiary/aromatic N) is 3. The lowest BCUT2D eigenvalue weighted by Gasteiger charge is -2.14. The number of aromatic nitrogens is 3. The predicted molar refractivity (Wildman–Crippen MR) is 90.1 cm³/mol. The maximum Gasteiger partial charge on any atom is 0.234 e. The standard InChI is InChI=1S/C15H15BrN4O3/c1-21-10-7-9(8-11(22-2)14(10)23-3)17-15-19-18-13-6-4-5-12(16)20(13)15/h4-8H,1-3H3,(H,17,19). The minimum Gasteiger partial charge on any atom is -0.493 e. The SMILES string of the molecule is COc1cc(Nc2nnc3cccc(Br)n23)cc(OC)c1OC. The zero-order valence-electron chi connectivity index (χ0n) is 12.8. The molecule has 0 atom stereocenters. The molecule has 0 bridgehead atoms. The summed E-state index contributed by atoms with van der Waals surface area (Å²) in [6.07, 6.45) is 0. The molecule has 0 spiro atoms. The maximum absolute atomic E-state index is 5.35. The molecule has 3 aromatic rings. The van der Waals surface area contributed by atoms with Crippen molar-refractivity contribution in [3.05, 3.63) is 34.9 Å². The molecular formula is C15H15BrN4O3. The zero-order valence-corrected chi connectivity index (χ0v) is 14.4. The Morgan fingerprint density at radius 3 is 2.30 bits per heavy atom. The number of rotatable bonds is 5. The average Bonchev–Trinajstić information content (AvgIpc) is 2.98. The van der Waals surface area contributed by atoms with Gasteiger partial charge in [-0.2, -0.15) is 0 Å². The van der Waals surface area contributed by atoms with Gasteiger partial charge in [0.25, 0.3) is 0 Å². The number of methoxy groups -OCH3 is 3. The van der Waals surface area contributed by atoms with Gasteiger partial charge in [-0.1, -0.05) is 6.07 Å². The molecule has 3 rings (SSSR count). The summed E-state index contributed by atoms with van der Waals surface area (Å²) in [5.74, 6) is 2.22. The first-order chi connectivity index (χ1) is 11.2. The lowest BCUT2D eigenvalue weighted by molar-refractivity contribution is 0.324. The first-order valence-corrected chi connectivity index (χ1v) is 7.54. The summed E-state index contributed by atoms with van der Waals surface area (Å²) in [7, 11) is 4.71. The van der Waals surface area contributed by atoms with Crippen LogP contribution in [0.3, 0.4) is 0 Å². The Morgan fingerprint density at radius 1 is 1.00 bits per heavy atom. The van der Waals surface area contributed by atoms with Gasteiger partial charge in [-0.05, 0) is 28.1 Å². The van der Waals surface area contributed by atoms with Crippen molar-refractivity contribution < 1.29 is 14.2 Å². The fourth-order valence-corrected chi connectivity index (χ4v) is 2.77. The molecule has 23 heavy (non-hydrogen) atoms. The molecule has 2 aromatic heterocycles. The van der Waals surface area contributed by atoms with E-state index in [2.05, 4.69) is 31.4 Å². The molecule has 0 saturated carbocycles. The van der Waals surface area contributed by atoms with Gasteiger partial charge < -0.3 is 19.5 Å². The van der Waals surface area contributed by atoms with Crippen LogP contribution < -0.4 is 19.5 Å². The second kappa shape index (κ2) is 6.33. The van der Waals surface area contributed by atoms with E-state index in [0.717, 1.165) is 15.9 Å². The fourth-order valence-electron chi connectivity index (χ4n) is 2.27. The van der Waals surface area contributed by atoms with Crippen LogP contribution in [0.4, 0.5) is 11.6 Å². The molecule has 8 heteroatoms. The van der Waals surface area contributed by atoms with Gasteiger partial charge in [0.05, 0.1) is 25.9 Å². The number of ether oxygens (including phenoxy) is 3. The third kappa shape index (κ3) is 2.77. The second-order valence-electron chi connectivity index (χ2n) is 4.60. The van der Waals surface area contributed by atoms with Crippen molar-refractivity contribution in [2.24, 2.45) is 0 Å². The summed E-state index contributed by atoms with van der Waals surface area (Å²) in [4.78, 5) is 0. The van der Waals surface area contributed by atoms with Crippen LogP contribution in [0.25, 0.3) is 5.65 Å². The van der Waals surface area contributed by atoms with Crippen molar-refractivity contribution in [2.75, 3.05) is 26.6 Å².